The summed E-state index contributed by atoms with van der Waals surface area (Å²) in [6.45, 7) is 6.80. The number of amidine groups is 1. The summed E-state index contributed by atoms with van der Waals surface area (Å²) in [7, 11) is 0. The number of anilines is 1. The maximum Gasteiger partial charge on any atom is 0.258 e. The lowest BCUT2D eigenvalue weighted by molar-refractivity contribution is -0.119. The summed E-state index contributed by atoms with van der Waals surface area (Å²) < 4.78 is 0. The summed E-state index contributed by atoms with van der Waals surface area (Å²) >= 11 is 0. The lowest BCUT2D eigenvalue weighted by atomic mass is 9.92. The molecule has 2 aromatic rings. The van der Waals surface area contributed by atoms with Gasteiger partial charge < -0.3 is 11.1 Å². The Hall–Kier alpha value is -3.15. The summed E-state index contributed by atoms with van der Waals surface area (Å²) in [4.78, 5) is 27.0. The number of amides is 2. The Balaban J connectivity index is 2.21. The van der Waals surface area contributed by atoms with Gasteiger partial charge in [-0.3, -0.25) is 19.9 Å². The number of rotatable bonds is 7. The molecule has 0 aliphatic carbocycles. The van der Waals surface area contributed by atoms with Gasteiger partial charge in [0.15, 0.2) is 0 Å². The zero-order chi connectivity index (χ0) is 20.7. The minimum absolute atomic E-state index is 0.0860. The molecule has 0 aliphatic rings. The number of nitrogens with two attached hydrogens (primary N) is 1. The van der Waals surface area contributed by atoms with Crippen LogP contribution >= 0.6 is 0 Å². The minimum atomic E-state index is -0.319. The van der Waals surface area contributed by atoms with Crippen LogP contribution in [0.5, 0.6) is 0 Å². The first kappa shape index (κ1) is 21.2. The average molecular weight is 380 g/mol. The molecule has 6 nitrogen and oxygen atoms in total. The summed E-state index contributed by atoms with van der Waals surface area (Å²) in [5.74, 6) is -0.648. The van der Waals surface area contributed by atoms with Crippen LogP contribution in [0.1, 0.15) is 43.1 Å². The highest BCUT2D eigenvalue weighted by molar-refractivity contribution is 6.10. The van der Waals surface area contributed by atoms with E-state index < -0.39 is 0 Å². The van der Waals surface area contributed by atoms with Crippen LogP contribution in [0.3, 0.4) is 0 Å². The van der Waals surface area contributed by atoms with Crippen molar-refractivity contribution in [2.24, 2.45) is 11.1 Å². The number of nitrogens with zero attached hydrogens (tertiary/aromatic N) is 1. The lowest BCUT2D eigenvalue weighted by Crippen LogP contribution is -2.41. The quantitative estimate of drug-likeness (QED) is 0.508. The summed E-state index contributed by atoms with van der Waals surface area (Å²) in [6.07, 6.45) is 0.846. The van der Waals surface area contributed by atoms with E-state index in [1.165, 1.54) is 4.90 Å². The van der Waals surface area contributed by atoms with Crippen molar-refractivity contribution in [3.05, 3.63) is 65.7 Å². The normalized spacial score (nSPS) is 11.0. The van der Waals surface area contributed by atoms with Gasteiger partial charge in [-0.2, -0.15) is 0 Å². The predicted molar refractivity (Wildman–Crippen MR) is 113 cm³/mol. The molecule has 0 heterocycles. The van der Waals surface area contributed by atoms with Crippen molar-refractivity contribution >= 4 is 23.3 Å². The number of hydrogen-bond donors (Lipinski definition) is 3. The molecule has 6 heteroatoms. The van der Waals surface area contributed by atoms with Crippen molar-refractivity contribution < 1.29 is 9.59 Å². The van der Waals surface area contributed by atoms with E-state index in [2.05, 4.69) is 26.1 Å². The smallest absolute Gasteiger partial charge is 0.258 e. The molecule has 0 unspecified atom stereocenters. The minimum Gasteiger partial charge on any atom is -0.384 e. The van der Waals surface area contributed by atoms with E-state index in [-0.39, 0.29) is 29.6 Å². The fourth-order valence-electron chi connectivity index (χ4n) is 2.64. The highest BCUT2D eigenvalue weighted by atomic mass is 16.2. The van der Waals surface area contributed by atoms with Crippen molar-refractivity contribution in [2.45, 2.75) is 27.2 Å². The van der Waals surface area contributed by atoms with Gasteiger partial charge in [0.25, 0.3) is 5.91 Å². The summed E-state index contributed by atoms with van der Waals surface area (Å²) in [5.41, 5.74) is 7.13. The molecule has 0 saturated carbocycles. The van der Waals surface area contributed by atoms with Crippen LogP contribution in [0, 0.1) is 10.8 Å². The molecule has 0 saturated heterocycles. The molecule has 0 bridgehead atoms. The molecule has 2 aromatic carbocycles. The fourth-order valence-corrected chi connectivity index (χ4v) is 2.64. The Kier molecular flexibility index (Phi) is 6.93. The van der Waals surface area contributed by atoms with E-state index in [0.29, 0.717) is 23.4 Å². The van der Waals surface area contributed by atoms with Gasteiger partial charge in [-0.15, -0.1) is 0 Å². The van der Waals surface area contributed by atoms with E-state index in [4.69, 9.17) is 11.1 Å². The number of para-hydroxylation sites is 1. The predicted octanol–water partition coefficient (Wildman–Crippen LogP) is 3.17. The van der Waals surface area contributed by atoms with Crippen molar-refractivity contribution in [1.82, 2.24) is 5.32 Å². The van der Waals surface area contributed by atoms with Crippen LogP contribution in [-0.4, -0.2) is 30.7 Å². The third kappa shape index (κ3) is 6.23. The number of carbonyl (C=O) groups excluding carboxylic acids is 2. The van der Waals surface area contributed by atoms with Gasteiger partial charge in [0, 0.05) is 23.4 Å². The van der Waals surface area contributed by atoms with Crippen LogP contribution < -0.4 is 16.0 Å². The second-order valence-electron chi connectivity index (χ2n) is 7.88. The number of nitrogens with one attached hydrogen (secondary N) is 2. The largest absolute Gasteiger partial charge is 0.384 e. The maximum absolute atomic E-state index is 13.1. The van der Waals surface area contributed by atoms with Crippen LogP contribution in [0.15, 0.2) is 54.6 Å². The van der Waals surface area contributed by atoms with Gasteiger partial charge in [0.2, 0.25) is 5.91 Å². The van der Waals surface area contributed by atoms with Crippen molar-refractivity contribution in [1.29, 1.82) is 5.41 Å². The molecule has 0 aliphatic heterocycles. The topological polar surface area (TPSA) is 99.3 Å². The van der Waals surface area contributed by atoms with Gasteiger partial charge in [0.05, 0.1) is 0 Å². The molecular weight excluding hydrogens is 352 g/mol. The SMILES string of the molecule is CC(C)(C)CCNC(=O)CN(C(=O)c1cccc(C(=N)N)c1)c1ccccc1. The molecule has 0 radical (unpaired) electrons. The van der Waals surface area contributed by atoms with Crippen molar-refractivity contribution in [3.63, 3.8) is 0 Å². The second kappa shape index (κ2) is 9.17. The summed E-state index contributed by atoms with van der Waals surface area (Å²) in [6, 6.07) is 15.6. The van der Waals surface area contributed by atoms with Gasteiger partial charge in [-0.1, -0.05) is 51.1 Å². The fraction of sp³-hybridized carbons (Fsp3) is 0.318. The molecule has 0 atom stereocenters. The molecule has 2 rings (SSSR count). The van der Waals surface area contributed by atoms with Crippen molar-refractivity contribution in [2.75, 3.05) is 18.0 Å². The van der Waals surface area contributed by atoms with E-state index >= 15 is 0 Å². The zero-order valence-corrected chi connectivity index (χ0v) is 16.7. The first-order valence-electron chi connectivity index (χ1n) is 9.25. The van der Waals surface area contributed by atoms with Gasteiger partial charge in [-0.25, -0.2) is 0 Å². The van der Waals surface area contributed by atoms with Gasteiger partial charge in [-0.05, 0) is 36.1 Å². The first-order valence-corrected chi connectivity index (χ1v) is 9.25. The van der Waals surface area contributed by atoms with Gasteiger partial charge >= 0.3 is 0 Å². The third-order valence-corrected chi connectivity index (χ3v) is 4.23. The standard InChI is InChI=1S/C22H28N4O2/c1-22(2,3)12-13-25-19(27)15-26(18-10-5-4-6-11-18)21(28)17-9-7-8-16(14-17)20(23)24/h4-11,14H,12-13,15H2,1-3H3,(H3,23,24)(H,25,27). The first-order chi connectivity index (χ1) is 13.2. The second-order valence-corrected chi connectivity index (χ2v) is 7.88. The van der Waals surface area contributed by atoms with E-state index in [1.54, 1.807) is 36.4 Å². The highest BCUT2D eigenvalue weighted by Gasteiger charge is 2.21. The van der Waals surface area contributed by atoms with Crippen LogP contribution in [-0.2, 0) is 4.79 Å². The Bertz CT molecular complexity index is 841. The monoisotopic (exact) mass is 380 g/mol. The Morgan fingerprint density at radius 3 is 2.29 bits per heavy atom. The van der Waals surface area contributed by atoms with Crippen LogP contribution in [0.4, 0.5) is 5.69 Å². The number of nitrogen functional groups attached to an aromatic ring is 1. The third-order valence-electron chi connectivity index (χ3n) is 4.23. The molecule has 0 fully saturated rings. The molecular formula is C22H28N4O2. The zero-order valence-electron chi connectivity index (χ0n) is 16.7. The molecule has 148 valence electrons. The van der Waals surface area contributed by atoms with E-state index in [1.807, 2.05) is 18.2 Å². The average Bonchev–Trinajstić information content (AvgIpc) is 2.65. The van der Waals surface area contributed by atoms with Gasteiger partial charge in [0.1, 0.15) is 12.4 Å². The number of hydrogen-bond acceptors (Lipinski definition) is 3. The molecule has 4 N–H and O–H groups in total. The number of benzene rings is 2. The van der Waals surface area contributed by atoms with Crippen molar-refractivity contribution in [3.8, 4) is 0 Å². The van der Waals surface area contributed by atoms with Crippen LogP contribution in [0.2, 0.25) is 0 Å². The summed E-state index contributed by atoms with van der Waals surface area (Å²) in [5, 5.41) is 10.5. The Morgan fingerprint density at radius 2 is 1.68 bits per heavy atom. The van der Waals surface area contributed by atoms with E-state index in [0.717, 1.165) is 6.42 Å². The molecule has 28 heavy (non-hydrogen) atoms. The van der Waals surface area contributed by atoms with E-state index in [9.17, 15) is 9.59 Å². The molecule has 0 spiro atoms. The Labute approximate surface area is 166 Å². The van der Waals surface area contributed by atoms with Crippen LogP contribution in [0.25, 0.3) is 0 Å². The molecule has 2 amide bonds. The Morgan fingerprint density at radius 1 is 1.04 bits per heavy atom. The highest BCUT2D eigenvalue weighted by Crippen LogP contribution is 2.18. The number of carbonyl (C=O) groups is 2. The lowest BCUT2D eigenvalue weighted by Gasteiger charge is -2.23. The molecule has 0 aromatic heterocycles. The maximum atomic E-state index is 13.1.